The Morgan fingerprint density at radius 1 is 1.10 bits per heavy atom. The molecular formula is C21H40N2O5Si. The summed E-state index contributed by atoms with van der Waals surface area (Å²) >= 11 is 0. The van der Waals surface area contributed by atoms with E-state index in [-0.39, 0.29) is 30.0 Å². The van der Waals surface area contributed by atoms with Crippen molar-refractivity contribution >= 4 is 26.1 Å². The molecule has 0 aromatic heterocycles. The van der Waals surface area contributed by atoms with Crippen LogP contribution in [0.5, 0.6) is 0 Å². The zero-order chi connectivity index (χ0) is 22.5. The van der Waals surface area contributed by atoms with Gasteiger partial charge >= 0.3 is 5.97 Å². The largest absolute Gasteiger partial charge is 0.480 e. The molecule has 0 spiro atoms. The van der Waals surface area contributed by atoms with Crippen LogP contribution in [0.4, 0.5) is 0 Å². The molecule has 29 heavy (non-hydrogen) atoms. The smallest absolute Gasteiger partial charge is 0.346 e. The van der Waals surface area contributed by atoms with Crippen LogP contribution in [0.1, 0.15) is 55.4 Å². The van der Waals surface area contributed by atoms with Gasteiger partial charge in [-0.2, -0.15) is 0 Å². The van der Waals surface area contributed by atoms with Gasteiger partial charge in [-0.3, -0.25) is 0 Å². The molecule has 1 aliphatic heterocycles. The molecule has 0 radical (unpaired) electrons. The summed E-state index contributed by atoms with van der Waals surface area (Å²) in [5.41, 5.74) is -1.52. The summed E-state index contributed by atoms with van der Waals surface area (Å²) in [5, 5.41) is -0.0416. The van der Waals surface area contributed by atoms with Crippen LogP contribution in [-0.4, -0.2) is 64.1 Å². The zero-order valence-electron chi connectivity index (χ0n) is 19.9. The van der Waals surface area contributed by atoms with Gasteiger partial charge in [-0.15, -0.1) is 0 Å². The molecule has 0 saturated heterocycles. The molecule has 2 atom stereocenters. The van der Waals surface area contributed by atoms with Gasteiger partial charge in [0.1, 0.15) is 6.54 Å². The van der Waals surface area contributed by atoms with Gasteiger partial charge in [0.2, 0.25) is 11.8 Å². The lowest BCUT2D eigenvalue weighted by Crippen LogP contribution is -2.63. The molecular weight excluding hydrogens is 388 g/mol. The van der Waals surface area contributed by atoms with Gasteiger partial charge in [0.15, 0.2) is 8.32 Å². The van der Waals surface area contributed by atoms with Crippen molar-refractivity contribution in [3.05, 3.63) is 0 Å². The minimum atomic E-state index is -2.25. The zero-order valence-corrected chi connectivity index (χ0v) is 20.9. The number of carbonyl (C=O) groups excluding carboxylic acids is 1. The Balaban J connectivity index is 3.68. The molecule has 1 heterocycles. The summed E-state index contributed by atoms with van der Waals surface area (Å²) in [4.78, 5) is 22.7. The lowest BCUT2D eigenvalue weighted by Gasteiger charge is -2.46. The summed E-state index contributed by atoms with van der Waals surface area (Å²) in [7, 11) is -2.25. The lowest BCUT2D eigenvalue weighted by atomic mass is 9.84. The Kier molecular flexibility index (Phi) is 8.89. The second kappa shape index (κ2) is 10.1. The van der Waals surface area contributed by atoms with Crippen molar-refractivity contribution in [2.24, 2.45) is 15.9 Å². The first-order chi connectivity index (χ1) is 13.4. The van der Waals surface area contributed by atoms with Crippen LogP contribution in [-0.2, 0) is 23.4 Å². The second-order valence-corrected chi connectivity index (χ2v) is 13.8. The number of hydrogen-bond acceptors (Lipinski definition) is 7. The van der Waals surface area contributed by atoms with E-state index in [0.29, 0.717) is 19.1 Å². The molecule has 1 aliphatic rings. The monoisotopic (exact) mass is 428 g/mol. The van der Waals surface area contributed by atoms with Crippen LogP contribution in [0.2, 0.25) is 18.1 Å². The number of nitrogens with zero attached hydrogens (tertiary/aromatic N) is 2. The van der Waals surface area contributed by atoms with Crippen LogP contribution in [0.15, 0.2) is 9.98 Å². The standard InChI is InChI=1S/C21H40N2O5Si/c1-11-25-16-14-22-18(26-12-2)21(23-16,19(24)27-13-3)17(15(4)5)28-29(9,10)20(6,7)8/h15,17H,11-14H2,1-10H3/t17-,21+/m0/s1. The molecule has 0 aromatic carbocycles. The highest BCUT2D eigenvalue weighted by Gasteiger charge is 2.59. The summed E-state index contributed by atoms with van der Waals surface area (Å²) in [6.07, 6.45) is -0.594. The molecule has 7 nitrogen and oxygen atoms in total. The maximum Gasteiger partial charge on any atom is 0.346 e. The average molecular weight is 429 g/mol. The molecule has 0 aromatic rings. The van der Waals surface area contributed by atoms with E-state index in [1.807, 2.05) is 27.7 Å². The predicted octanol–water partition coefficient (Wildman–Crippen LogP) is 4.22. The quantitative estimate of drug-likeness (QED) is 0.427. The number of hydrogen-bond donors (Lipinski definition) is 0. The van der Waals surface area contributed by atoms with Crippen LogP contribution in [0, 0.1) is 5.92 Å². The van der Waals surface area contributed by atoms with Crippen molar-refractivity contribution in [2.75, 3.05) is 26.4 Å². The molecule has 0 amide bonds. The number of aliphatic imine (C=N–C) groups is 2. The molecule has 0 saturated carbocycles. The third kappa shape index (κ3) is 5.60. The number of esters is 1. The molecule has 0 fully saturated rings. The highest BCUT2D eigenvalue weighted by molar-refractivity contribution is 6.74. The minimum absolute atomic E-state index is 0.0380. The number of ether oxygens (including phenoxy) is 3. The van der Waals surface area contributed by atoms with Crippen molar-refractivity contribution in [1.29, 1.82) is 0 Å². The highest BCUT2D eigenvalue weighted by atomic mass is 28.4. The number of rotatable bonds is 8. The summed E-state index contributed by atoms with van der Waals surface area (Å²) in [5.74, 6) is 0.0956. The van der Waals surface area contributed by atoms with E-state index >= 15 is 0 Å². The van der Waals surface area contributed by atoms with E-state index in [0.717, 1.165) is 0 Å². The Labute approximate surface area is 177 Å². The van der Waals surface area contributed by atoms with Gasteiger partial charge in [0.25, 0.3) is 5.54 Å². The SMILES string of the molecule is CCOC(=O)[C@]1([C@@H](O[Si](C)(C)C(C)(C)C)C(C)C)N=C(OCC)CN=C1OCC. The summed E-state index contributed by atoms with van der Waals surface area (Å²) in [6, 6.07) is 0. The molecule has 0 N–H and O–H groups in total. The third-order valence-electron chi connectivity index (χ3n) is 5.41. The fraction of sp³-hybridized carbons (Fsp3) is 0.857. The minimum Gasteiger partial charge on any atom is -0.480 e. The van der Waals surface area contributed by atoms with Crippen LogP contribution < -0.4 is 0 Å². The van der Waals surface area contributed by atoms with E-state index < -0.39 is 25.9 Å². The maximum atomic E-state index is 13.4. The summed E-state index contributed by atoms with van der Waals surface area (Å²) in [6.45, 7) is 21.6. The van der Waals surface area contributed by atoms with Gasteiger partial charge in [-0.25, -0.2) is 14.8 Å². The fourth-order valence-electron chi connectivity index (χ4n) is 2.95. The first-order valence-electron chi connectivity index (χ1n) is 10.6. The first-order valence-corrected chi connectivity index (χ1v) is 13.5. The molecule has 1 rings (SSSR count). The van der Waals surface area contributed by atoms with Crippen molar-refractivity contribution in [3.8, 4) is 0 Å². The van der Waals surface area contributed by atoms with Gasteiger partial charge in [0, 0.05) is 0 Å². The molecule has 8 heteroatoms. The second-order valence-electron chi connectivity index (χ2n) is 9.02. The Morgan fingerprint density at radius 3 is 2.14 bits per heavy atom. The average Bonchev–Trinajstić information content (AvgIpc) is 2.60. The van der Waals surface area contributed by atoms with Gasteiger partial charge in [0.05, 0.1) is 25.9 Å². The topological polar surface area (TPSA) is 78.7 Å². The van der Waals surface area contributed by atoms with E-state index in [9.17, 15) is 4.79 Å². The Hall–Kier alpha value is -1.41. The summed E-state index contributed by atoms with van der Waals surface area (Å²) < 4.78 is 23.8. The van der Waals surface area contributed by atoms with Crippen molar-refractivity contribution < 1.29 is 23.4 Å². The van der Waals surface area contributed by atoms with E-state index in [2.05, 4.69) is 38.9 Å². The fourth-order valence-corrected chi connectivity index (χ4v) is 4.38. The number of carbonyl (C=O) groups is 1. The van der Waals surface area contributed by atoms with Gasteiger partial charge in [-0.1, -0.05) is 34.6 Å². The van der Waals surface area contributed by atoms with E-state index in [4.69, 9.17) is 23.6 Å². The highest BCUT2D eigenvalue weighted by Crippen LogP contribution is 2.41. The van der Waals surface area contributed by atoms with Crippen molar-refractivity contribution in [1.82, 2.24) is 0 Å². The Bertz CT molecular complexity index is 625. The van der Waals surface area contributed by atoms with Crippen molar-refractivity contribution in [2.45, 2.75) is 85.2 Å². The van der Waals surface area contributed by atoms with Gasteiger partial charge in [-0.05, 0) is 44.8 Å². The molecule has 0 bridgehead atoms. The Morgan fingerprint density at radius 2 is 1.69 bits per heavy atom. The maximum absolute atomic E-state index is 13.4. The predicted molar refractivity (Wildman–Crippen MR) is 119 cm³/mol. The molecule has 168 valence electrons. The first kappa shape index (κ1) is 25.6. The van der Waals surface area contributed by atoms with Gasteiger partial charge < -0.3 is 18.6 Å². The van der Waals surface area contributed by atoms with Crippen LogP contribution in [0.25, 0.3) is 0 Å². The van der Waals surface area contributed by atoms with E-state index in [1.165, 1.54) is 0 Å². The normalized spacial score (nSPS) is 21.3. The molecule has 0 unspecified atom stereocenters. The van der Waals surface area contributed by atoms with E-state index in [1.54, 1.807) is 6.92 Å². The lowest BCUT2D eigenvalue weighted by molar-refractivity contribution is -0.151. The van der Waals surface area contributed by atoms with Crippen molar-refractivity contribution in [3.63, 3.8) is 0 Å². The van der Waals surface area contributed by atoms with Crippen LogP contribution >= 0.6 is 0 Å². The molecule has 0 aliphatic carbocycles. The third-order valence-corrected chi connectivity index (χ3v) is 9.86. The van der Waals surface area contributed by atoms with Crippen LogP contribution in [0.3, 0.4) is 0 Å².